The number of hydrogen-bond donors (Lipinski definition) is 5. The SMILES string of the molecule is N[C@@H](CO[PH](O)(O)O)C(=O)O. The third-order valence-electron chi connectivity index (χ3n) is 0.774. The molecule has 0 bridgehead atoms. The monoisotopic (exact) mass is 187 g/mol. The summed E-state index contributed by atoms with van der Waals surface area (Å²) < 4.78 is 3.95. The Morgan fingerprint density at radius 2 is 2.00 bits per heavy atom. The number of carbonyl (C=O) groups is 1. The van der Waals surface area contributed by atoms with Gasteiger partial charge in [-0.05, 0) is 0 Å². The normalized spacial score (nSPS) is 16.0. The minimum atomic E-state index is -4.61. The van der Waals surface area contributed by atoms with Crippen LogP contribution in [-0.2, 0) is 9.32 Å². The van der Waals surface area contributed by atoms with Gasteiger partial charge in [0.25, 0.3) is 0 Å². The number of nitrogens with two attached hydrogens (primary N) is 1. The maximum atomic E-state index is 9.98. The van der Waals surface area contributed by atoms with Crippen LogP contribution in [0.2, 0.25) is 0 Å². The van der Waals surface area contributed by atoms with Crippen molar-refractivity contribution in [3.8, 4) is 0 Å². The predicted molar refractivity (Wildman–Crippen MR) is 36.5 cm³/mol. The maximum absolute atomic E-state index is 9.98. The molecule has 0 fully saturated rings. The summed E-state index contributed by atoms with van der Waals surface area (Å²) in [6, 6.07) is -1.37. The van der Waals surface area contributed by atoms with Gasteiger partial charge in [0, 0.05) is 0 Å². The summed E-state index contributed by atoms with van der Waals surface area (Å²) in [4.78, 5) is 34.7. The molecule has 0 radical (unpaired) electrons. The first-order valence-corrected chi connectivity index (χ1v) is 4.37. The predicted octanol–water partition coefficient (Wildman–Crippen LogP) is -2.20. The van der Waals surface area contributed by atoms with Gasteiger partial charge in [-0.1, -0.05) is 0 Å². The number of rotatable bonds is 4. The Morgan fingerprint density at radius 1 is 1.55 bits per heavy atom. The summed E-state index contributed by atoms with van der Waals surface area (Å²) in [5.41, 5.74) is 4.89. The van der Waals surface area contributed by atoms with Gasteiger partial charge in [0.1, 0.15) is 0 Å². The van der Waals surface area contributed by atoms with Crippen molar-refractivity contribution < 1.29 is 29.1 Å². The first-order valence-electron chi connectivity index (χ1n) is 2.62. The molecule has 0 aromatic carbocycles. The summed E-state index contributed by atoms with van der Waals surface area (Å²) in [5.74, 6) is -1.34. The Labute approximate surface area is 62.7 Å². The summed E-state index contributed by atoms with van der Waals surface area (Å²) >= 11 is 0. The Balaban J connectivity index is 3.63. The van der Waals surface area contributed by atoms with Gasteiger partial charge in [-0.25, -0.2) is 0 Å². The Hall–Kier alpha value is -0.300. The van der Waals surface area contributed by atoms with Crippen molar-refractivity contribution in [1.82, 2.24) is 0 Å². The fourth-order valence-corrected chi connectivity index (χ4v) is 0.676. The van der Waals surface area contributed by atoms with Crippen molar-refractivity contribution in [2.45, 2.75) is 6.04 Å². The molecular formula is C3H10NO6P. The van der Waals surface area contributed by atoms with Gasteiger partial charge in [-0.15, -0.1) is 0 Å². The molecule has 0 aliphatic carbocycles. The second kappa shape index (κ2) is 3.91. The van der Waals surface area contributed by atoms with Gasteiger partial charge in [-0.2, -0.15) is 0 Å². The quantitative estimate of drug-likeness (QED) is 0.315. The van der Waals surface area contributed by atoms with E-state index in [1.807, 2.05) is 0 Å². The zero-order chi connectivity index (χ0) is 9.07. The second-order valence-electron chi connectivity index (χ2n) is 1.83. The van der Waals surface area contributed by atoms with E-state index in [9.17, 15) is 4.79 Å². The summed E-state index contributed by atoms with van der Waals surface area (Å²) in [5, 5.41) is 8.14. The number of carboxylic acids is 1. The van der Waals surface area contributed by atoms with Crippen molar-refractivity contribution >= 4 is 14.1 Å². The Morgan fingerprint density at radius 3 is 2.27 bits per heavy atom. The standard InChI is InChI=1S/C3H10NO6P/c4-2(3(5)6)1-10-11(7,8)9/h2,7-9,11H,1,4H2,(H,5,6)/t2-/m0/s1. The van der Waals surface area contributed by atoms with Crippen LogP contribution >= 0.6 is 8.17 Å². The number of carboxylic acid groups (broad SMARTS) is 1. The van der Waals surface area contributed by atoms with Crippen LogP contribution in [0.1, 0.15) is 0 Å². The van der Waals surface area contributed by atoms with Crippen LogP contribution in [-0.4, -0.2) is 38.4 Å². The van der Waals surface area contributed by atoms with Crippen molar-refractivity contribution in [3.63, 3.8) is 0 Å². The van der Waals surface area contributed by atoms with Crippen molar-refractivity contribution in [2.75, 3.05) is 6.61 Å². The Kier molecular flexibility index (Phi) is 3.81. The molecule has 0 unspecified atom stereocenters. The van der Waals surface area contributed by atoms with Gasteiger partial charge in [0.05, 0.1) is 0 Å². The van der Waals surface area contributed by atoms with Crippen molar-refractivity contribution in [1.29, 1.82) is 0 Å². The van der Waals surface area contributed by atoms with Crippen molar-refractivity contribution in [2.24, 2.45) is 5.73 Å². The van der Waals surface area contributed by atoms with E-state index in [0.29, 0.717) is 0 Å². The average Bonchev–Trinajstić information content (AvgIpc) is 1.80. The van der Waals surface area contributed by atoms with Crippen LogP contribution in [0.15, 0.2) is 0 Å². The molecule has 0 amide bonds. The van der Waals surface area contributed by atoms with E-state index in [0.717, 1.165) is 0 Å². The summed E-state index contributed by atoms with van der Waals surface area (Å²) in [6.07, 6.45) is 0. The Bertz CT molecular complexity index is 143. The molecule has 6 N–H and O–H groups in total. The molecule has 0 saturated carbocycles. The molecule has 0 saturated heterocycles. The van der Waals surface area contributed by atoms with Crippen LogP contribution < -0.4 is 5.73 Å². The van der Waals surface area contributed by atoms with E-state index >= 15 is 0 Å². The molecule has 7 nitrogen and oxygen atoms in total. The molecule has 11 heavy (non-hydrogen) atoms. The molecule has 0 heterocycles. The molecular weight excluding hydrogens is 177 g/mol. The first kappa shape index (κ1) is 10.7. The third kappa shape index (κ3) is 6.11. The molecule has 0 aliphatic rings. The van der Waals surface area contributed by atoms with Crippen LogP contribution in [0.4, 0.5) is 0 Å². The molecule has 0 aromatic heterocycles. The van der Waals surface area contributed by atoms with E-state index in [4.69, 9.17) is 25.5 Å². The van der Waals surface area contributed by atoms with Gasteiger partial charge >= 0.3 is 61.6 Å². The van der Waals surface area contributed by atoms with Gasteiger partial charge < -0.3 is 0 Å². The van der Waals surface area contributed by atoms with Crippen molar-refractivity contribution in [3.05, 3.63) is 0 Å². The van der Waals surface area contributed by atoms with Crippen LogP contribution in [0.25, 0.3) is 0 Å². The van der Waals surface area contributed by atoms with E-state index < -0.39 is 26.8 Å². The molecule has 68 valence electrons. The zero-order valence-electron chi connectivity index (χ0n) is 5.47. The average molecular weight is 187 g/mol. The molecule has 0 rings (SSSR count). The topological polar surface area (TPSA) is 133 Å². The number of hydrogen-bond acceptors (Lipinski definition) is 6. The molecule has 1 atom stereocenters. The second-order valence-corrected chi connectivity index (χ2v) is 3.27. The fraction of sp³-hybridized carbons (Fsp3) is 0.667. The zero-order valence-corrected chi connectivity index (χ0v) is 6.47. The summed E-state index contributed by atoms with van der Waals surface area (Å²) in [7, 11) is -4.61. The fourth-order valence-electron chi connectivity index (χ4n) is 0.273. The van der Waals surface area contributed by atoms with Crippen LogP contribution in [0.3, 0.4) is 0 Å². The minimum absolute atomic E-state index is 0.634. The molecule has 8 heteroatoms. The van der Waals surface area contributed by atoms with Gasteiger partial charge in [-0.3, -0.25) is 0 Å². The van der Waals surface area contributed by atoms with Gasteiger partial charge in [0.15, 0.2) is 0 Å². The van der Waals surface area contributed by atoms with Crippen LogP contribution in [0.5, 0.6) is 0 Å². The van der Waals surface area contributed by atoms with E-state index in [2.05, 4.69) is 4.52 Å². The van der Waals surface area contributed by atoms with Gasteiger partial charge in [0.2, 0.25) is 0 Å². The molecule has 0 aliphatic heterocycles. The summed E-state index contributed by atoms with van der Waals surface area (Å²) in [6.45, 7) is -0.634. The third-order valence-corrected chi connectivity index (χ3v) is 1.33. The number of aliphatic carboxylic acids is 1. The molecule has 0 spiro atoms. The van der Waals surface area contributed by atoms with E-state index in [1.165, 1.54) is 0 Å². The first-order chi connectivity index (χ1) is 4.83. The van der Waals surface area contributed by atoms with E-state index in [1.54, 1.807) is 0 Å². The van der Waals surface area contributed by atoms with Crippen LogP contribution in [0, 0.1) is 0 Å². The molecule has 0 aromatic rings. The van der Waals surface area contributed by atoms with E-state index in [-0.39, 0.29) is 0 Å².